The van der Waals surface area contributed by atoms with Crippen LogP contribution in [0.2, 0.25) is 0 Å². The van der Waals surface area contributed by atoms with Crippen molar-refractivity contribution < 1.29 is 5.82 Å². The highest BCUT2D eigenvalue weighted by Crippen LogP contribution is 2.18. The monoisotopic (exact) mass is 453 g/mol. The van der Waals surface area contributed by atoms with E-state index in [0.717, 1.165) is 51.4 Å². The van der Waals surface area contributed by atoms with Crippen molar-refractivity contribution >= 4 is 23.7 Å². The van der Waals surface area contributed by atoms with Crippen LogP contribution in [0, 0.1) is 11.2 Å². The number of nitrogens with zero attached hydrogens (tertiary/aromatic N) is 6. The van der Waals surface area contributed by atoms with Gasteiger partial charge >= 0.3 is 0 Å². The van der Waals surface area contributed by atoms with Gasteiger partial charge in [0, 0.05) is 64.9 Å². The molecule has 1 aliphatic heterocycles. The average Bonchev–Trinajstić information content (AvgIpc) is 3.27. The topological polar surface area (TPSA) is 98.0 Å². The number of likely N-dealkylation sites (N-methyl/N-ethyl adjacent to an activating group) is 1. The van der Waals surface area contributed by atoms with Gasteiger partial charge in [-0.2, -0.15) is 10.1 Å². The predicted octanol–water partition coefficient (Wildman–Crippen LogP) is 3.05. The normalized spacial score (nSPS) is 14.8. The summed E-state index contributed by atoms with van der Waals surface area (Å²) in [6, 6.07) is 6.57. The Hall–Kier alpha value is -3.37. The first-order valence-corrected chi connectivity index (χ1v) is 11.2. The van der Waals surface area contributed by atoms with Gasteiger partial charge in [0.15, 0.2) is 0 Å². The number of benzene rings is 1. The van der Waals surface area contributed by atoms with Gasteiger partial charge in [-0.1, -0.05) is 18.2 Å². The van der Waals surface area contributed by atoms with Gasteiger partial charge in [0.2, 0.25) is 5.95 Å². The van der Waals surface area contributed by atoms with Crippen LogP contribution in [0.4, 0.5) is 21.8 Å². The molecule has 3 N–H and O–H groups in total. The molecule has 0 radical (unpaired) electrons. The molecule has 1 aliphatic rings. The minimum atomic E-state index is -0.283. The van der Waals surface area contributed by atoms with Gasteiger partial charge in [-0.25, -0.2) is 9.37 Å². The fourth-order valence-electron chi connectivity index (χ4n) is 3.73. The number of rotatable bonds is 10. The number of nitrogens with one attached hydrogen (secondary N) is 3. The molecule has 9 nitrogen and oxygen atoms in total. The zero-order valence-electron chi connectivity index (χ0n) is 18.8. The Balaban J connectivity index is 0.00000324. The van der Waals surface area contributed by atoms with E-state index >= 15 is 0 Å². The first-order chi connectivity index (χ1) is 16.1. The maximum atomic E-state index is 13.9. The Labute approximate surface area is 194 Å². The first kappa shape index (κ1) is 22.8. The van der Waals surface area contributed by atoms with Crippen molar-refractivity contribution in [2.24, 2.45) is 0 Å². The zero-order chi connectivity index (χ0) is 23.0. The van der Waals surface area contributed by atoms with Crippen molar-refractivity contribution in [1.82, 2.24) is 29.5 Å². The molecule has 0 amide bonds. The van der Waals surface area contributed by atoms with Gasteiger partial charge in [-0.15, -0.1) is 0 Å². The Bertz CT molecular complexity index is 1070. The Morgan fingerprint density at radius 2 is 1.97 bits per heavy atom. The van der Waals surface area contributed by atoms with Crippen LogP contribution < -0.4 is 10.6 Å². The van der Waals surface area contributed by atoms with Crippen molar-refractivity contribution in [3.05, 3.63) is 59.8 Å². The molecule has 4 rings (SSSR count). The molecule has 3 heterocycles. The van der Waals surface area contributed by atoms with Crippen LogP contribution in [0.25, 0.3) is 0 Å². The van der Waals surface area contributed by atoms with Crippen LogP contribution >= 0.6 is 0 Å². The lowest BCUT2D eigenvalue weighted by atomic mass is 10.2. The summed E-state index contributed by atoms with van der Waals surface area (Å²) in [5, 5.41) is 18.3. The zero-order valence-corrected chi connectivity index (χ0v) is 18.8. The molecule has 2 aromatic heterocycles. The Kier molecular flexibility index (Phi) is 7.59. The summed E-state index contributed by atoms with van der Waals surface area (Å²) >= 11 is 0. The summed E-state index contributed by atoms with van der Waals surface area (Å²) in [7, 11) is 2.17. The van der Waals surface area contributed by atoms with Gasteiger partial charge in [0.1, 0.15) is 11.6 Å². The number of aryl methyl sites for hydroxylation is 1. The van der Waals surface area contributed by atoms with Crippen molar-refractivity contribution in [2.75, 3.05) is 50.4 Å². The summed E-state index contributed by atoms with van der Waals surface area (Å²) in [6.07, 6.45) is 7.46. The molecular formula is C23H32FN9. The number of aromatic nitrogens is 4. The van der Waals surface area contributed by atoms with Crippen molar-refractivity contribution in [3.8, 4) is 0 Å². The van der Waals surface area contributed by atoms with Gasteiger partial charge in [0.05, 0.1) is 17.4 Å². The number of halogens is 1. The van der Waals surface area contributed by atoms with Crippen LogP contribution in [-0.2, 0) is 13.1 Å². The van der Waals surface area contributed by atoms with Gasteiger partial charge in [0.25, 0.3) is 0 Å². The minimum absolute atomic E-state index is 0. The summed E-state index contributed by atoms with van der Waals surface area (Å²) in [4.78, 5) is 13.6. The van der Waals surface area contributed by atoms with E-state index in [1.807, 2.05) is 10.9 Å². The summed E-state index contributed by atoms with van der Waals surface area (Å²) < 4.78 is 15.8. The number of hydrogen-bond acceptors (Lipinski definition) is 8. The first-order valence-electron chi connectivity index (χ1n) is 11.2. The van der Waals surface area contributed by atoms with Gasteiger partial charge in [-0.05, 0) is 26.1 Å². The quantitative estimate of drug-likeness (QED) is 0.406. The van der Waals surface area contributed by atoms with E-state index in [-0.39, 0.29) is 13.8 Å². The fraction of sp³-hybridized carbons (Fsp3) is 0.391. The molecule has 0 saturated carbocycles. The van der Waals surface area contributed by atoms with E-state index in [1.54, 1.807) is 30.6 Å². The lowest BCUT2D eigenvalue weighted by Gasteiger charge is -2.32. The largest absolute Gasteiger partial charge is 0.365 e. The third-order valence-corrected chi connectivity index (χ3v) is 5.72. The number of hydrogen-bond donors (Lipinski definition) is 3. The summed E-state index contributed by atoms with van der Waals surface area (Å²) in [5.41, 5.74) is 1.84. The molecule has 0 unspecified atom stereocenters. The highest BCUT2D eigenvalue weighted by molar-refractivity contribution is 5.84. The van der Waals surface area contributed by atoms with E-state index < -0.39 is 0 Å². The third kappa shape index (κ3) is 6.33. The fourth-order valence-corrected chi connectivity index (χ4v) is 3.73. The minimum Gasteiger partial charge on any atom is -0.365 e. The molecule has 3 aromatic rings. The summed E-state index contributed by atoms with van der Waals surface area (Å²) in [5.74, 6) is 0.563. The van der Waals surface area contributed by atoms with E-state index in [1.165, 1.54) is 12.3 Å². The van der Waals surface area contributed by atoms with E-state index in [0.29, 0.717) is 22.9 Å². The van der Waals surface area contributed by atoms with Crippen LogP contribution in [0.3, 0.4) is 0 Å². The maximum absolute atomic E-state index is 13.9. The highest BCUT2D eigenvalue weighted by atomic mass is 19.1. The smallest absolute Gasteiger partial charge is 0.229 e. The molecule has 1 fully saturated rings. The molecular weight excluding hydrogens is 421 g/mol. The van der Waals surface area contributed by atoms with Gasteiger partial charge in [-0.3, -0.25) is 4.68 Å². The average molecular weight is 454 g/mol. The Morgan fingerprint density at radius 1 is 1.15 bits per heavy atom. The van der Waals surface area contributed by atoms with Crippen molar-refractivity contribution in [1.29, 1.82) is 5.41 Å². The molecule has 1 aromatic carbocycles. The second-order valence-corrected chi connectivity index (χ2v) is 8.20. The van der Waals surface area contributed by atoms with Crippen LogP contribution in [0.1, 0.15) is 19.0 Å². The van der Waals surface area contributed by atoms with Crippen LogP contribution in [-0.4, -0.2) is 75.5 Å². The summed E-state index contributed by atoms with van der Waals surface area (Å²) in [6.45, 7) is 6.68. The molecule has 1 saturated heterocycles. The van der Waals surface area contributed by atoms with E-state index in [4.69, 9.17) is 5.41 Å². The third-order valence-electron chi connectivity index (χ3n) is 5.72. The lowest BCUT2D eigenvalue weighted by Crippen LogP contribution is -2.44. The molecule has 0 aliphatic carbocycles. The second kappa shape index (κ2) is 11.0. The molecule has 0 spiro atoms. The van der Waals surface area contributed by atoms with Gasteiger partial charge < -0.3 is 25.8 Å². The SMILES string of the molecule is CN1CCN(CCCn2cc(Nc3ncc(C=N)c(NCc4ccccc4F)n3)cn2)CC1.[HH]. The lowest BCUT2D eigenvalue weighted by molar-refractivity contribution is 0.151. The van der Waals surface area contributed by atoms with Crippen molar-refractivity contribution in [2.45, 2.75) is 19.5 Å². The molecule has 0 bridgehead atoms. The second-order valence-electron chi connectivity index (χ2n) is 8.20. The van der Waals surface area contributed by atoms with Crippen LogP contribution in [0.15, 0.2) is 42.9 Å². The van der Waals surface area contributed by atoms with Crippen LogP contribution in [0.5, 0.6) is 0 Å². The molecule has 176 valence electrons. The van der Waals surface area contributed by atoms with E-state index in [9.17, 15) is 4.39 Å². The number of piperazine rings is 1. The Morgan fingerprint density at radius 3 is 2.76 bits per heavy atom. The molecule has 10 heteroatoms. The predicted molar refractivity (Wildman–Crippen MR) is 130 cm³/mol. The van der Waals surface area contributed by atoms with E-state index in [2.05, 4.69) is 42.5 Å². The molecule has 0 atom stereocenters. The maximum Gasteiger partial charge on any atom is 0.229 e. The standard InChI is InChI=1S/C23H30FN9.H2/c1-31-9-11-32(12-10-31)7-4-8-33-17-20(16-28-33)29-23-27-15-19(13-25)22(30-23)26-14-18-5-2-3-6-21(18)24;/h2-3,5-6,13,15-17,25H,4,7-12,14H2,1H3,(H2,26,27,29,30);1H. The molecule has 33 heavy (non-hydrogen) atoms. The highest BCUT2D eigenvalue weighted by Gasteiger charge is 2.13. The van der Waals surface area contributed by atoms with Crippen molar-refractivity contribution in [3.63, 3.8) is 0 Å². The number of anilines is 3.